The summed E-state index contributed by atoms with van der Waals surface area (Å²) >= 11 is 17.9. The number of aryl methyl sites for hydroxylation is 1. The first-order valence-corrected chi connectivity index (χ1v) is 10.1. The molecule has 2 N–H and O–H groups in total. The summed E-state index contributed by atoms with van der Waals surface area (Å²) in [6.45, 7) is 1.73. The topological polar surface area (TPSA) is 66.4 Å². The number of hydrogen-bond acceptors (Lipinski definition) is 4. The Morgan fingerprint density at radius 3 is 2.41 bits per heavy atom. The molecule has 1 heterocycles. The van der Waals surface area contributed by atoms with E-state index in [9.17, 15) is 18.0 Å². The van der Waals surface area contributed by atoms with Crippen molar-refractivity contribution >= 4 is 58.4 Å². The van der Waals surface area contributed by atoms with Crippen molar-refractivity contribution in [2.24, 2.45) is 5.10 Å². The molecule has 32 heavy (non-hydrogen) atoms. The van der Waals surface area contributed by atoms with Crippen LogP contribution in [0.4, 0.5) is 24.7 Å². The van der Waals surface area contributed by atoms with Gasteiger partial charge in [-0.15, -0.1) is 0 Å². The molecule has 0 unspecified atom stereocenters. The highest BCUT2D eigenvalue weighted by atomic mass is 35.5. The van der Waals surface area contributed by atoms with Crippen molar-refractivity contribution in [2.75, 3.05) is 5.32 Å². The van der Waals surface area contributed by atoms with Gasteiger partial charge >= 0.3 is 6.18 Å². The number of carbonyl (C=O) groups is 1. The fourth-order valence-corrected chi connectivity index (χ4v) is 3.21. The summed E-state index contributed by atoms with van der Waals surface area (Å²) in [5, 5.41) is 7.66. The number of nitrogens with one attached hydrogen (secondary N) is 2. The molecule has 0 spiro atoms. The minimum atomic E-state index is -4.70. The molecule has 0 atom stereocenters. The molecule has 166 valence electrons. The lowest BCUT2D eigenvalue weighted by Crippen LogP contribution is -2.21. The fraction of sp³-hybridized carbons (Fsp3) is 0.0952. The van der Waals surface area contributed by atoms with E-state index in [1.807, 2.05) is 0 Å². The molecule has 0 radical (unpaired) electrons. The van der Waals surface area contributed by atoms with Crippen molar-refractivity contribution in [1.29, 1.82) is 0 Å². The molecule has 0 aliphatic heterocycles. The van der Waals surface area contributed by atoms with E-state index in [4.69, 9.17) is 34.8 Å². The molecule has 0 aliphatic rings. The number of amides is 1. The molecular formula is C21H14Cl3F3N4O. The Morgan fingerprint density at radius 1 is 1.03 bits per heavy atom. The average Bonchev–Trinajstić information content (AvgIpc) is 2.71. The minimum absolute atomic E-state index is 0.156. The predicted molar refractivity (Wildman–Crippen MR) is 120 cm³/mol. The van der Waals surface area contributed by atoms with Gasteiger partial charge in [-0.05, 0) is 48.9 Å². The number of halogens is 6. The van der Waals surface area contributed by atoms with Gasteiger partial charge in [-0.3, -0.25) is 4.79 Å². The quantitative estimate of drug-likeness (QED) is 0.296. The molecule has 11 heteroatoms. The van der Waals surface area contributed by atoms with Crippen LogP contribution in [0.2, 0.25) is 15.1 Å². The standard InChI is InChI=1S/C21H14Cl3F3N4O/c1-11-2-4-14(23)9-17(11)29-19-15(6-7-18(30-19)21(25,26)27)20(32)31-28-10-12-3-5-13(22)8-16(12)24/h2-10H,1H3,(H,29,30)(H,31,32)/b28-10+. The van der Waals surface area contributed by atoms with Gasteiger partial charge in [-0.25, -0.2) is 10.4 Å². The molecule has 5 nitrogen and oxygen atoms in total. The zero-order valence-electron chi connectivity index (χ0n) is 16.3. The van der Waals surface area contributed by atoms with E-state index >= 15 is 0 Å². The zero-order chi connectivity index (χ0) is 23.5. The van der Waals surface area contributed by atoms with Crippen LogP contribution in [-0.2, 0) is 6.18 Å². The van der Waals surface area contributed by atoms with Crippen LogP contribution in [0.25, 0.3) is 0 Å². The molecule has 0 bridgehead atoms. The highest BCUT2D eigenvalue weighted by Gasteiger charge is 2.33. The van der Waals surface area contributed by atoms with E-state index in [1.165, 1.54) is 18.3 Å². The van der Waals surface area contributed by atoms with Gasteiger partial charge < -0.3 is 5.32 Å². The summed E-state index contributed by atoms with van der Waals surface area (Å²) in [7, 11) is 0. The maximum absolute atomic E-state index is 13.2. The normalized spacial score (nSPS) is 11.6. The second-order valence-corrected chi connectivity index (χ2v) is 7.82. The van der Waals surface area contributed by atoms with Crippen molar-refractivity contribution < 1.29 is 18.0 Å². The lowest BCUT2D eigenvalue weighted by molar-refractivity contribution is -0.141. The first-order chi connectivity index (χ1) is 15.0. The third-order valence-corrected chi connectivity index (χ3v) is 5.01. The van der Waals surface area contributed by atoms with E-state index in [0.717, 1.165) is 6.07 Å². The molecule has 0 aliphatic carbocycles. The van der Waals surface area contributed by atoms with Crippen molar-refractivity contribution in [1.82, 2.24) is 10.4 Å². The van der Waals surface area contributed by atoms with Gasteiger partial charge in [-0.2, -0.15) is 18.3 Å². The van der Waals surface area contributed by atoms with Crippen molar-refractivity contribution in [2.45, 2.75) is 13.1 Å². The van der Waals surface area contributed by atoms with Crippen LogP contribution >= 0.6 is 34.8 Å². The van der Waals surface area contributed by atoms with Crippen LogP contribution in [0, 0.1) is 6.92 Å². The number of rotatable bonds is 5. The van der Waals surface area contributed by atoms with Gasteiger partial charge in [0.1, 0.15) is 11.5 Å². The number of nitrogens with zero attached hydrogens (tertiary/aromatic N) is 2. The summed E-state index contributed by atoms with van der Waals surface area (Å²) in [6, 6.07) is 11.2. The number of hydrogen-bond donors (Lipinski definition) is 2. The van der Waals surface area contributed by atoms with Crippen molar-refractivity contribution in [3.05, 3.63) is 86.0 Å². The number of aromatic nitrogens is 1. The van der Waals surface area contributed by atoms with Crippen molar-refractivity contribution in [3.63, 3.8) is 0 Å². The van der Waals surface area contributed by atoms with E-state index in [0.29, 0.717) is 37.9 Å². The molecule has 0 fully saturated rings. The SMILES string of the molecule is Cc1ccc(Cl)cc1Nc1nc(C(F)(F)F)ccc1C(=O)N/N=C/c1ccc(Cl)cc1Cl. The van der Waals surface area contributed by atoms with Crippen LogP contribution < -0.4 is 10.7 Å². The maximum Gasteiger partial charge on any atom is 0.433 e. The lowest BCUT2D eigenvalue weighted by atomic mass is 10.1. The predicted octanol–water partition coefficient (Wildman–Crippen LogP) is 6.88. The molecule has 3 aromatic rings. The smallest absolute Gasteiger partial charge is 0.339 e. The van der Waals surface area contributed by atoms with Gasteiger partial charge in [0.25, 0.3) is 5.91 Å². The van der Waals surface area contributed by atoms with Crippen LogP contribution in [0.15, 0.2) is 53.6 Å². The van der Waals surface area contributed by atoms with Gasteiger partial charge in [0.15, 0.2) is 0 Å². The Balaban J connectivity index is 1.91. The van der Waals surface area contributed by atoms with E-state index < -0.39 is 17.8 Å². The first kappa shape index (κ1) is 23.8. The Kier molecular flexibility index (Phi) is 7.28. The van der Waals surface area contributed by atoms with Gasteiger partial charge in [0.2, 0.25) is 0 Å². The number of alkyl halides is 3. The van der Waals surface area contributed by atoms with Crippen LogP contribution in [0.3, 0.4) is 0 Å². The number of pyridine rings is 1. The molecule has 0 saturated heterocycles. The van der Waals surface area contributed by atoms with E-state index in [2.05, 4.69) is 20.8 Å². The molecule has 0 saturated carbocycles. The number of carbonyl (C=O) groups excluding carboxylic acids is 1. The van der Waals surface area contributed by atoms with Gasteiger partial charge in [-0.1, -0.05) is 46.9 Å². The monoisotopic (exact) mass is 500 g/mol. The minimum Gasteiger partial charge on any atom is -0.339 e. The van der Waals surface area contributed by atoms with Crippen LogP contribution in [0.1, 0.15) is 27.2 Å². The summed E-state index contributed by atoms with van der Waals surface area (Å²) in [5.41, 5.74) is 2.51. The second-order valence-electron chi connectivity index (χ2n) is 6.54. The number of anilines is 2. The van der Waals surface area contributed by atoms with E-state index in [1.54, 1.807) is 31.2 Å². The summed E-state index contributed by atoms with van der Waals surface area (Å²) in [6.07, 6.45) is -3.42. The third-order valence-electron chi connectivity index (χ3n) is 4.22. The molecule has 2 aromatic carbocycles. The molecular weight excluding hydrogens is 488 g/mol. The highest BCUT2D eigenvalue weighted by molar-refractivity contribution is 6.36. The fourth-order valence-electron chi connectivity index (χ4n) is 2.58. The highest BCUT2D eigenvalue weighted by Crippen LogP contribution is 2.31. The molecule has 3 rings (SSSR count). The van der Waals surface area contributed by atoms with Crippen LogP contribution in [0.5, 0.6) is 0 Å². The average molecular weight is 502 g/mol. The second kappa shape index (κ2) is 9.77. The largest absolute Gasteiger partial charge is 0.433 e. The van der Waals surface area contributed by atoms with Crippen molar-refractivity contribution in [3.8, 4) is 0 Å². The summed E-state index contributed by atoms with van der Waals surface area (Å²) in [4.78, 5) is 16.2. The van der Waals surface area contributed by atoms with E-state index in [-0.39, 0.29) is 11.4 Å². The Labute approximate surface area is 196 Å². The molecule has 1 aromatic heterocycles. The Hall–Kier alpha value is -2.81. The van der Waals surface area contributed by atoms with Crippen LogP contribution in [-0.4, -0.2) is 17.1 Å². The Bertz CT molecular complexity index is 1200. The molecule has 1 amide bonds. The third kappa shape index (κ3) is 5.91. The van der Waals surface area contributed by atoms with Gasteiger partial charge in [0, 0.05) is 21.3 Å². The first-order valence-electron chi connectivity index (χ1n) is 8.94. The summed E-state index contributed by atoms with van der Waals surface area (Å²) in [5.74, 6) is -1.09. The van der Waals surface area contributed by atoms with Gasteiger partial charge in [0.05, 0.1) is 16.8 Å². The maximum atomic E-state index is 13.2. The Morgan fingerprint density at radius 2 is 1.72 bits per heavy atom. The summed E-state index contributed by atoms with van der Waals surface area (Å²) < 4.78 is 39.5. The number of hydrazone groups is 1. The lowest BCUT2D eigenvalue weighted by Gasteiger charge is -2.15. The number of benzene rings is 2. The zero-order valence-corrected chi connectivity index (χ0v) is 18.5.